The lowest BCUT2D eigenvalue weighted by molar-refractivity contribution is -0.437. The molecule has 1 aliphatic carbocycles. The van der Waals surface area contributed by atoms with Crippen molar-refractivity contribution in [3.63, 3.8) is 0 Å². The van der Waals surface area contributed by atoms with Gasteiger partial charge in [0, 0.05) is 130 Å². The first-order valence-electron chi connectivity index (χ1n) is 46.9. The van der Waals surface area contributed by atoms with E-state index in [0.717, 1.165) is 76.4 Å². The molecule has 6 rings (SSSR count). The highest BCUT2D eigenvalue weighted by molar-refractivity contribution is 7.99. The standard InChI is InChI=1S/C99H150N8O19S.HI/c1-8-11-12-13-14-15-16-17-18-19-20-21-22-40-93(114)126-66-67-127-75-85(97(117)104-69-82(110)68-80(70-108)96(116)103-51-32-57-121-61-65-123-63-59-119-55-30-49-101-91(112)73-125-72-90(100)111)105-92(113)74-124-71-81(109)35-27-28-54-118-58-62-122-64-60-120-56-31-50-102-95(115)79-43-41-78(42-44-79)94-76(45-47-88-98(4,5)83-36-23-25-38-86(83)106(88)52-9-2)33-29-34-77(94)46-48-89-99(6,7)84-37-24-26-39-87(84)107(89)53-10-3;/h23-26,36-39,41-48,80,85,108H,8-22,27-35,40,49-75H2,1-7H3,(H6-,100,101,102,103,104,105,111,112,113,115,116,117);1H/t80-,85+;/m1./s1. The zero-order valence-electron chi connectivity index (χ0n) is 77.7. The predicted octanol–water partition coefficient (Wildman–Crippen LogP) is 10.1. The lowest BCUT2D eigenvalue weighted by atomic mass is 9.79. The van der Waals surface area contributed by atoms with Crippen LogP contribution in [0.25, 0.3) is 5.57 Å². The van der Waals surface area contributed by atoms with E-state index in [1.165, 1.54) is 120 Å². The third kappa shape index (κ3) is 42.3. The first kappa shape index (κ1) is 111. The number of anilines is 1. The number of halogens is 1. The monoisotopic (exact) mass is 1910 g/mol. The van der Waals surface area contributed by atoms with Gasteiger partial charge in [0.1, 0.15) is 45.6 Å². The Hall–Kier alpha value is -7.56. The minimum Gasteiger partial charge on any atom is -1.00 e. The minimum absolute atomic E-state index is 0. The number of rotatable bonds is 73. The van der Waals surface area contributed by atoms with Crippen LogP contribution in [0.2, 0.25) is 0 Å². The Morgan fingerprint density at radius 1 is 0.531 bits per heavy atom. The quantitative estimate of drug-likeness (QED) is 0.0119. The van der Waals surface area contributed by atoms with Crippen LogP contribution in [0.3, 0.4) is 0 Å². The Morgan fingerprint density at radius 2 is 1.09 bits per heavy atom. The second-order valence-electron chi connectivity index (χ2n) is 33.7. The molecule has 2 aliphatic heterocycles. The third-order valence-corrected chi connectivity index (χ3v) is 23.6. The van der Waals surface area contributed by atoms with Crippen LogP contribution in [0.15, 0.2) is 114 Å². The van der Waals surface area contributed by atoms with Crippen molar-refractivity contribution < 1.29 is 119 Å². The van der Waals surface area contributed by atoms with Gasteiger partial charge in [0.2, 0.25) is 35.2 Å². The molecule has 8 N–H and O–H groups in total. The van der Waals surface area contributed by atoms with E-state index >= 15 is 0 Å². The average molecular weight is 1920 g/mol. The number of esters is 1. The Morgan fingerprint density at radius 3 is 1.71 bits per heavy atom. The molecule has 0 unspecified atom stereocenters. The highest BCUT2D eigenvalue weighted by atomic mass is 127. The smallest absolute Gasteiger partial charge is 0.305 e. The number of nitrogens with one attached hydrogen (secondary N) is 5. The van der Waals surface area contributed by atoms with E-state index in [1.807, 2.05) is 12.1 Å². The van der Waals surface area contributed by atoms with Gasteiger partial charge >= 0.3 is 5.97 Å². The number of allylic oxidation sites excluding steroid dienone is 8. The van der Waals surface area contributed by atoms with E-state index in [-0.39, 0.29) is 110 Å². The summed E-state index contributed by atoms with van der Waals surface area (Å²) in [7, 11) is 0. The van der Waals surface area contributed by atoms with Crippen LogP contribution in [-0.2, 0) is 91.8 Å². The minimum atomic E-state index is -1.15. The Labute approximate surface area is 783 Å². The summed E-state index contributed by atoms with van der Waals surface area (Å²) in [5, 5.41) is 23.6. The maximum absolute atomic E-state index is 13.6. The number of ether oxygens (including phenoxy) is 9. The van der Waals surface area contributed by atoms with Crippen molar-refractivity contribution >= 4 is 87.4 Å². The molecule has 29 heteroatoms. The van der Waals surface area contributed by atoms with Crippen molar-refractivity contribution in [1.29, 1.82) is 0 Å². The number of carbonyl (C=O) groups excluding carboxylic acids is 9. The fraction of sp³-hybridized carbons (Fsp3) is 0.636. The van der Waals surface area contributed by atoms with Crippen molar-refractivity contribution in [3.05, 3.63) is 136 Å². The molecule has 0 aromatic heterocycles. The molecule has 6 amide bonds. The van der Waals surface area contributed by atoms with Gasteiger partial charge in [-0.05, 0) is 130 Å². The molecular weight excluding hydrogens is 1760 g/mol. The van der Waals surface area contributed by atoms with Crippen LogP contribution in [0.4, 0.5) is 11.4 Å². The van der Waals surface area contributed by atoms with Crippen molar-refractivity contribution in [2.45, 2.75) is 232 Å². The van der Waals surface area contributed by atoms with Gasteiger partial charge in [0.25, 0.3) is 5.91 Å². The highest BCUT2D eigenvalue weighted by Gasteiger charge is 2.44. The number of unbranched alkanes of at least 4 members (excludes halogenated alkanes) is 13. The number of para-hydroxylation sites is 2. The van der Waals surface area contributed by atoms with Gasteiger partial charge in [-0.2, -0.15) is 16.3 Å². The van der Waals surface area contributed by atoms with Gasteiger partial charge in [0.15, 0.2) is 17.3 Å². The Bertz CT molecular complexity index is 3980. The lowest BCUT2D eigenvalue weighted by Crippen LogP contribution is -3.00. The number of fused-ring (bicyclic) bond motifs is 2. The molecule has 3 aliphatic rings. The van der Waals surface area contributed by atoms with Gasteiger partial charge in [0.05, 0.1) is 77.3 Å². The first-order chi connectivity index (χ1) is 61.6. The Balaban J connectivity index is 0.0000290. The van der Waals surface area contributed by atoms with Crippen LogP contribution in [-0.4, -0.2) is 244 Å². The maximum Gasteiger partial charge on any atom is 0.305 e. The van der Waals surface area contributed by atoms with Gasteiger partial charge in [-0.25, -0.2) is 0 Å². The summed E-state index contributed by atoms with van der Waals surface area (Å²) in [6.45, 7) is 21.0. The normalized spacial score (nSPS) is 15.0. The van der Waals surface area contributed by atoms with E-state index in [0.29, 0.717) is 142 Å². The molecule has 0 fully saturated rings. The second kappa shape index (κ2) is 65.9. The van der Waals surface area contributed by atoms with E-state index in [9.17, 15) is 48.3 Å². The third-order valence-electron chi connectivity index (χ3n) is 22.5. The van der Waals surface area contributed by atoms with Crippen LogP contribution < -0.4 is 61.2 Å². The zero-order valence-corrected chi connectivity index (χ0v) is 80.7. The van der Waals surface area contributed by atoms with Gasteiger partial charge < -0.3 is 109 Å². The molecular formula is C99H151IN8O19S. The van der Waals surface area contributed by atoms with Crippen molar-refractivity contribution in [2.24, 2.45) is 11.7 Å². The molecule has 0 bridgehead atoms. The zero-order chi connectivity index (χ0) is 91.5. The number of aliphatic hydroxyl groups excluding tert-OH is 1. The maximum atomic E-state index is 13.6. The number of aliphatic hydroxyl groups is 1. The molecule has 2 heterocycles. The highest BCUT2D eigenvalue weighted by Crippen LogP contribution is 2.48. The summed E-state index contributed by atoms with van der Waals surface area (Å²) in [4.78, 5) is 117. The number of hydrogen-bond acceptors (Lipinski definition) is 21. The SMILES string of the molecule is CCCCCCCCCCCCCCCC(=O)OCCSC[C@H](NC(=O)COCC(=O)CCCCOCCOCCOCCCNC(=O)c1ccc(C2=C(/C=C/C3=[N+](CCC)c4ccccc4C3(C)C)CCC/C2=C\C=C2\N(CCC)c3ccccc3C2(C)C)cc1)C(=O)NCC(=O)C[C@H](CO)C(=O)NCCCOCCOCCOCCCNC(=O)COCC(N)=O.[I-]. The molecule has 2 atom stereocenters. The van der Waals surface area contributed by atoms with Crippen molar-refractivity contribution in [1.82, 2.24) is 26.6 Å². The van der Waals surface area contributed by atoms with Crippen molar-refractivity contribution in [3.8, 4) is 0 Å². The molecule has 0 radical (unpaired) electrons. The topological polar surface area (TPSA) is 349 Å². The van der Waals surface area contributed by atoms with Crippen LogP contribution in [0.5, 0.6) is 0 Å². The Kier molecular flexibility index (Phi) is 57.1. The summed E-state index contributed by atoms with van der Waals surface area (Å²) < 4.78 is 52.1. The molecule has 27 nitrogen and oxygen atoms in total. The molecule has 128 heavy (non-hydrogen) atoms. The number of thioether (sulfide) groups is 1. The summed E-state index contributed by atoms with van der Waals surface area (Å²) >= 11 is 1.26. The molecule has 3 aromatic carbocycles. The second-order valence-corrected chi connectivity index (χ2v) is 34.9. The van der Waals surface area contributed by atoms with Gasteiger partial charge in [-0.3, -0.25) is 43.2 Å². The number of amides is 6. The predicted molar refractivity (Wildman–Crippen MR) is 500 cm³/mol. The number of primary amides is 1. The van der Waals surface area contributed by atoms with E-state index in [2.05, 4.69) is 169 Å². The number of nitrogens with two attached hydrogens (primary N) is 1. The number of hydrogen-bond donors (Lipinski definition) is 7. The summed E-state index contributed by atoms with van der Waals surface area (Å²) in [5.41, 5.74) is 18.0. The van der Waals surface area contributed by atoms with E-state index in [4.69, 9.17) is 48.4 Å². The largest absolute Gasteiger partial charge is 1.00 e. The number of Topliss-reactive ketones (excluding diaryl/α,β-unsaturated/α-hetero) is 2. The number of ketones is 2. The van der Waals surface area contributed by atoms with Crippen LogP contribution >= 0.6 is 11.8 Å². The molecule has 0 saturated carbocycles. The first-order valence-corrected chi connectivity index (χ1v) is 48.0. The summed E-state index contributed by atoms with van der Waals surface area (Å²) in [6.07, 6.45) is 33.0. The average Bonchev–Trinajstić information content (AvgIpc) is 1.60. The van der Waals surface area contributed by atoms with E-state index < -0.39 is 61.1 Å². The fourth-order valence-electron chi connectivity index (χ4n) is 15.7. The van der Waals surface area contributed by atoms with Gasteiger partial charge in [-0.1, -0.05) is 172 Å². The fourth-order valence-corrected chi connectivity index (χ4v) is 16.6. The molecule has 0 saturated heterocycles. The lowest BCUT2D eigenvalue weighted by Gasteiger charge is -2.27. The molecule has 3 aromatic rings. The number of nitrogens with zero attached hydrogens (tertiary/aromatic N) is 2. The molecule has 714 valence electrons. The van der Waals surface area contributed by atoms with Crippen molar-refractivity contribution in [2.75, 3.05) is 175 Å². The number of carbonyl (C=O) groups is 9. The number of benzene rings is 3. The van der Waals surface area contributed by atoms with Gasteiger partial charge in [-0.15, -0.1) is 0 Å². The van der Waals surface area contributed by atoms with Crippen LogP contribution in [0.1, 0.15) is 242 Å². The summed E-state index contributed by atoms with van der Waals surface area (Å²) in [5.74, 6) is -4.79. The summed E-state index contributed by atoms with van der Waals surface area (Å²) in [6, 6.07) is 24.6. The molecule has 0 spiro atoms. The van der Waals surface area contributed by atoms with Crippen LogP contribution in [0, 0.1) is 5.92 Å². The van der Waals surface area contributed by atoms with E-state index in [1.54, 1.807) is 0 Å².